The molecule has 4 aromatic rings. The first-order chi connectivity index (χ1) is 15.0. The monoisotopic (exact) mass is 441 g/mol. The third-order valence-electron chi connectivity index (χ3n) is 4.47. The molecule has 4 rings (SSSR count). The summed E-state index contributed by atoms with van der Waals surface area (Å²) in [5.41, 5.74) is 2.13. The smallest absolute Gasteiger partial charge is 0.263 e. The molecule has 0 aliphatic rings. The first-order valence-electron chi connectivity index (χ1n) is 9.56. The van der Waals surface area contributed by atoms with Crippen molar-refractivity contribution in [3.63, 3.8) is 0 Å². The average molecular weight is 442 g/mol. The van der Waals surface area contributed by atoms with Crippen molar-refractivity contribution in [3.8, 4) is 11.4 Å². The van der Waals surface area contributed by atoms with Crippen LogP contribution in [0, 0.1) is 0 Å². The lowest BCUT2D eigenvalue weighted by molar-refractivity contribution is 0.128. The van der Waals surface area contributed by atoms with Crippen LogP contribution in [0.25, 0.3) is 22.4 Å². The molecule has 1 N–H and O–H groups in total. The van der Waals surface area contributed by atoms with E-state index in [0.29, 0.717) is 51.4 Å². The lowest BCUT2D eigenvalue weighted by Crippen LogP contribution is -2.05. The third kappa shape index (κ3) is 4.76. The first kappa shape index (κ1) is 21.0. The minimum atomic E-state index is -2.52. The van der Waals surface area contributed by atoms with Crippen LogP contribution in [0.5, 0.6) is 0 Å². The van der Waals surface area contributed by atoms with Gasteiger partial charge in [0.2, 0.25) is 0 Å². The molecule has 0 radical (unpaired) electrons. The Morgan fingerprint density at radius 2 is 1.84 bits per heavy atom. The van der Waals surface area contributed by atoms with E-state index in [0.717, 1.165) is 0 Å². The fraction of sp³-hybridized carbons (Fsp3) is 0.182. The van der Waals surface area contributed by atoms with Crippen molar-refractivity contribution in [2.45, 2.75) is 20.0 Å². The summed E-state index contributed by atoms with van der Waals surface area (Å²) in [5, 5.41) is 4.31. The number of nitrogens with zero attached hydrogens (tertiary/aromatic N) is 4. The molecule has 0 aliphatic carbocycles. The van der Waals surface area contributed by atoms with Gasteiger partial charge in [0.25, 0.3) is 6.43 Å². The fourth-order valence-electron chi connectivity index (χ4n) is 2.96. The van der Waals surface area contributed by atoms with Gasteiger partial charge in [0, 0.05) is 24.1 Å². The molecule has 0 saturated carbocycles. The molecule has 0 aliphatic heterocycles. The lowest BCUT2D eigenvalue weighted by atomic mass is 10.2. The average Bonchev–Trinajstić information content (AvgIpc) is 2.78. The van der Waals surface area contributed by atoms with Crippen LogP contribution in [-0.2, 0) is 11.3 Å². The van der Waals surface area contributed by atoms with E-state index in [1.807, 2.05) is 13.0 Å². The van der Waals surface area contributed by atoms with Crippen molar-refractivity contribution in [2.24, 2.45) is 0 Å². The van der Waals surface area contributed by atoms with Crippen LogP contribution >= 0.6 is 11.6 Å². The highest BCUT2D eigenvalue weighted by molar-refractivity contribution is 6.32. The number of fused-ring (bicyclic) bond motifs is 1. The molecule has 0 spiro atoms. The van der Waals surface area contributed by atoms with Crippen LogP contribution in [0.1, 0.15) is 24.7 Å². The van der Waals surface area contributed by atoms with Crippen molar-refractivity contribution in [3.05, 3.63) is 71.1 Å². The molecular weight excluding hydrogens is 424 g/mol. The Balaban J connectivity index is 1.76. The van der Waals surface area contributed by atoms with Gasteiger partial charge < -0.3 is 10.1 Å². The Labute approximate surface area is 182 Å². The molecule has 158 valence electrons. The Morgan fingerprint density at radius 1 is 1.03 bits per heavy atom. The van der Waals surface area contributed by atoms with Gasteiger partial charge >= 0.3 is 0 Å². The minimum Gasteiger partial charge on any atom is -0.374 e. The van der Waals surface area contributed by atoms with E-state index in [9.17, 15) is 8.78 Å². The van der Waals surface area contributed by atoms with Gasteiger partial charge in [0.05, 0.1) is 16.1 Å². The zero-order valence-corrected chi connectivity index (χ0v) is 17.3. The molecule has 0 fully saturated rings. The number of aromatic nitrogens is 4. The second kappa shape index (κ2) is 9.28. The second-order valence-electron chi connectivity index (χ2n) is 6.57. The molecule has 9 heteroatoms. The van der Waals surface area contributed by atoms with E-state index >= 15 is 0 Å². The predicted molar refractivity (Wildman–Crippen MR) is 116 cm³/mol. The molecule has 0 saturated heterocycles. The van der Waals surface area contributed by atoms with Crippen molar-refractivity contribution in [1.29, 1.82) is 0 Å². The molecule has 0 bridgehead atoms. The zero-order chi connectivity index (χ0) is 21.8. The summed E-state index contributed by atoms with van der Waals surface area (Å²) in [6.07, 6.45) is -0.878. The number of pyridine rings is 2. The van der Waals surface area contributed by atoms with Crippen molar-refractivity contribution < 1.29 is 13.5 Å². The molecule has 0 atom stereocenters. The third-order valence-corrected chi connectivity index (χ3v) is 4.77. The standard InChI is InChI=1S/C22H18ClF2N5O/c1-2-31-12-18-29-21(27-14-7-5-13(6-8-14)20(24)25)15-9-10-17(28-22(15)30-18)19-16(23)4-3-11-26-19/h3-11,20H,2,12H2,1H3,(H,27,28,29,30). The van der Waals surface area contributed by atoms with E-state index < -0.39 is 6.43 Å². The highest BCUT2D eigenvalue weighted by Crippen LogP contribution is 2.29. The normalized spacial score (nSPS) is 11.3. The topological polar surface area (TPSA) is 72.8 Å². The molecule has 3 aromatic heterocycles. The van der Waals surface area contributed by atoms with Gasteiger partial charge in [-0.1, -0.05) is 23.7 Å². The second-order valence-corrected chi connectivity index (χ2v) is 6.98. The largest absolute Gasteiger partial charge is 0.374 e. The van der Waals surface area contributed by atoms with E-state index in [1.165, 1.54) is 12.1 Å². The van der Waals surface area contributed by atoms with E-state index in [-0.39, 0.29) is 12.2 Å². The van der Waals surface area contributed by atoms with Crippen molar-refractivity contribution in [1.82, 2.24) is 19.9 Å². The quantitative estimate of drug-likeness (QED) is 0.381. The van der Waals surface area contributed by atoms with Crippen LogP contribution in [0.15, 0.2) is 54.7 Å². The summed E-state index contributed by atoms with van der Waals surface area (Å²) in [5.74, 6) is 0.938. The maximum absolute atomic E-state index is 12.8. The summed E-state index contributed by atoms with van der Waals surface area (Å²) in [7, 11) is 0. The Bertz CT molecular complexity index is 1200. The molecule has 0 amide bonds. The number of hydrogen-bond acceptors (Lipinski definition) is 6. The van der Waals surface area contributed by atoms with E-state index in [1.54, 1.807) is 36.5 Å². The lowest BCUT2D eigenvalue weighted by Gasteiger charge is -2.12. The number of anilines is 2. The van der Waals surface area contributed by atoms with Gasteiger partial charge in [-0.05, 0) is 43.3 Å². The van der Waals surface area contributed by atoms with Gasteiger partial charge in [-0.2, -0.15) is 0 Å². The van der Waals surface area contributed by atoms with Crippen LogP contribution in [-0.4, -0.2) is 26.5 Å². The summed E-state index contributed by atoms with van der Waals surface area (Å²) < 4.78 is 31.1. The minimum absolute atomic E-state index is 0.0475. The summed E-state index contributed by atoms with van der Waals surface area (Å²) in [6, 6.07) is 13.0. The number of halogens is 3. The summed E-state index contributed by atoms with van der Waals surface area (Å²) >= 11 is 6.26. The van der Waals surface area contributed by atoms with Gasteiger partial charge in [-0.15, -0.1) is 0 Å². The van der Waals surface area contributed by atoms with Crippen LogP contribution in [0.3, 0.4) is 0 Å². The summed E-state index contributed by atoms with van der Waals surface area (Å²) in [6.45, 7) is 2.60. The van der Waals surface area contributed by atoms with Crippen LogP contribution < -0.4 is 5.32 Å². The maximum atomic E-state index is 12.8. The number of benzene rings is 1. The number of ether oxygens (including phenoxy) is 1. The van der Waals surface area contributed by atoms with Gasteiger partial charge in [-0.3, -0.25) is 4.98 Å². The molecule has 1 aromatic carbocycles. The molecule has 6 nitrogen and oxygen atoms in total. The van der Waals surface area contributed by atoms with Crippen LogP contribution in [0.4, 0.5) is 20.3 Å². The predicted octanol–water partition coefficient (Wildman–Crippen LogP) is 5.96. The van der Waals surface area contributed by atoms with Gasteiger partial charge in [-0.25, -0.2) is 23.7 Å². The Hall–Kier alpha value is -3.23. The summed E-state index contributed by atoms with van der Waals surface area (Å²) in [4.78, 5) is 18.0. The highest BCUT2D eigenvalue weighted by Gasteiger charge is 2.14. The zero-order valence-electron chi connectivity index (χ0n) is 16.5. The Kier molecular flexibility index (Phi) is 6.29. The number of nitrogens with one attached hydrogen (secondary N) is 1. The number of rotatable bonds is 7. The molecule has 31 heavy (non-hydrogen) atoms. The van der Waals surface area contributed by atoms with E-state index in [2.05, 4.69) is 25.3 Å². The highest BCUT2D eigenvalue weighted by atomic mass is 35.5. The maximum Gasteiger partial charge on any atom is 0.263 e. The number of hydrogen-bond donors (Lipinski definition) is 1. The van der Waals surface area contributed by atoms with Crippen molar-refractivity contribution >= 4 is 34.1 Å². The first-order valence-corrected chi connectivity index (χ1v) is 9.94. The molecule has 0 unspecified atom stereocenters. The molecular formula is C22H18ClF2N5O. The Morgan fingerprint density at radius 3 is 2.55 bits per heavy atom. The van der Waals surface area contributed by atoms with Crippen molar-refractivity contribution in [2.75, 3.05) is 11.9 Å². The van der Waals surface area contributed by atoms with Gasteiger partial charge in [0.1, 0.15) is 18.1 Å². The van der Waals surface area contributed by atoms with Gasteiger partial charge in [0.15, 0.2) is 11.5 Å². The van der Waals surface area contributed by atoms with E-state index in [4.69, 9.17) is 16.3 Å². The van der Waals surface area contributed by atoms with Crippen LogP contribution in [0.2, 0.25) is 5.02 Å². The SMILES string of the molecule is CCOCc1nc(Nc2ccc(C(F)F)cc2)c2ccc(-c3ncccc3Cl)nc2n1. The fourth-order valence-corrected chi connectivity index (χ4v) is 3.18. The molecule has 3 heterocycles. The number of alkyl halides is 2.